The van der Waals surface area contributed by atoms with Gasteiger partial charge in [-0.05, 0) is 49.2 Å². The van der Waals surface area contributed by atoms with E-state index < -0.39 is 5.91 Å². The Morgan fingerprint density at radius 3 is 2.71 bits per heavy atom. The lowest BCUT2D eigenvalue weighted by atomic mass is 10.1. The van der Waals surface area contributed by atoms with Gasteiger partial charge in [-0.15, -0.1) is 0 Å². The van der Waals surface area contributed by atoms with Crippen molar-refractivity contribution in [3.8, 4) is 5.75 Å². The molecule has 1 atom stereocenters. The summed E-state index contributed by atoms with van der Waals surface area (Å²) in [5.41, 5.74) is 7.07. The summed E-state index contributed by atoms with van der Waals surface area (Å²) in [5.74, 6) is -0.304. The van der Waals surface area contributed by atoms with Gasteiger partial charge in [-0.25, -0.2) is 4.99 Å². The number of methoxy groups -OCH3 is 1. The van der Waals surface area contributed by atoms with E-state index in [-0.39, 0.29) is 23.1 Å². The van der Waals surface area contributed by atoms with Crippen LogP contribution in [0, 0.1) is 0 Å². The van der Waals surface area contributed by atoms with E-state index in [9.17, 15) is 9.59 Å². The first-order valence-electron chi connectivity index (χ1n) is 10.0. The van der Waals surface area contributed by atoms with E-state index in [0.29, 0.717) is 41.1 Å². The summed E-state index contributed by atoms with van der Waals surface area (Å²) < 4.78 is 17.0. The highest BCUT2D eigenvalue weighted by Gasteiger charge is 2.19. The molecule has 1 aliphatic heterocycles. The lowest BCUT2D eigenvalue weighted by Crippen LogP contribution is -2.34. The molecule has 1 fully saturated rings. The number of ether oxygens (including phenoxy) is 2. The molecule has 3 N–H and O–H groups in total. The first kappa shape index (κ1) is 20.6. The number of nitrogens with one attached hydrogen (secondary N) is 1. The molecular weight excluding hydrogens is 398 g/mol. The van der Waals surface area contributed by atoms with Crippen LogP contribution < -0.4 is 21.3 Å². The minimum Gasteiger partial charge on any atom is -0.493 e. The summed E-state index contributed by atoms with van der Waals surface area (Å²) in [5, 5.41) is 3.62. The molecule has 160 valence electrons. The maximum absolute atomic E-state index is 13.0. The Kier molecular flexibility index (Phi) is 5.99. The molecule has 0 radical (unpaired) electrons. The lowest BCUT2D eigenvalue weighted by molar-refractivity contribution is 0.0854. The van der Waals surface area contributed by atoms with Crippen molar-refractivity contribution >= 4 is 28.5 Å². The Bertz CT molecular complexity index is 1180. The molecular formula is C23H23N3O5. The highest BCUT2D eigenvalue weighted by molar-refractivity contribution is 5.97. The zero-order valence-corrected chi connectivity index (χ0v) is 17.1. The Morgan fingerprint density at radius 2 is 2.03 bits per heavy atom. The number of carbonyl (C=O) groups is 2. The standard InChI is InChI=1S/C23H23N3O5/c1-29-19-6-2-4-15-12-18(22(28)25-13-17-5-3-11-30-17)23(31-20(15)19)26-16-9-7-14(8-10-16)21(24)27/h2,4,6-10,12,17H,3,5,11,13H2,1H3,(H2,24,27)(H,25,28). The molecule has 0 spiro atoms. The number of para-hydroxylation sites is 1. The average Bonchev–Trinajstić information content (AvgIpc) is 3.30. The van der Waals surface area contributed by atoms with Crippen LogP contribution in [0.2, 0.25) is 0 Å². The van der Waals surface area contributed by atoms with Crippen LogP contribution in [0.15, 0.2) is 57.9 Å². The predicted octanol–water partition coefficient (Wildman–Crippen LogP) is 2.68. The molecule has 31 heavy (non-hydrogen) atoms. The maximum atomic E-state index is 13.0. The van der Waals surface area contributed by atoms with Gasteiger partial charge in [-0.1, -0.05) is 12.1 Å². The fourth-order valence-electron chi connectivity index (χ4n) is 3.46. The number of fused-ring (bicyclic) bond motifs is 1. The van der Waals surface area contributed by atoms with Crippen LogP contribution in [0.4, 0.5) is 5.69 Å². The van der Waals surface area contributed by atoms with Gasteiger partial charge in [0.1, 0.15) is 5.56 Å². The summed E-state index contributed by atoms with van der Waals surface area (Å²) >= 11 is 0. The van der Waals surface area contributed by atoms with Crippen molar-refractivity contribution in [3.63, 3.8) is 0 Å². The second-order valence-electron chi connectivity index (χ2n) is 7.21. The van der Waals surface area contributed by atoms with Gasteiger partial charge in [0.05, 0.1) is 18.9 Å². The quantitative estimate of drug-likeness (QED) is 0.635. The van der Waals surface area contributed by atoms with Crippen molar-refractivity contribution in [2.45, 2.75) is 18.9 Å². The molecule has 2 amide bonds. The number of hydrogen-bond donors (Lipinski definition) is 2. The van der Waals surface area contributed by atoms with Crippen LogP contribution in [-0.2, 0) is 4.74 Å². The summed E-state index contributed by atoms with van der Waals surface area (Å²) in [4.78, 5) is 28.8. The molecule has 1 aromatic heterocycles. The minimum absolute atomic E-state index is 0.0168. The number of nitrogens with zero attached hydrogens (tertiary/aromatic N) is 1. The van der Waals surface area contributed by atoms with Crippen molar-refractivity contribution in [1.82, 2.24) is 5.32 Å². The third-order valence-electron chi connectivity index (χ3n) is 5.10. The van der Waals surface area contributed by atoms with Gasteiger partial charge >= 0.3 is 0 Å². The van der Waals surface area contributed by atoms with Gasteiger partial charge in [0, 0.05) is 24.1 Å². The van der Waals surface area contributed by atoms with Crippen LogP contribution in [0.1, 0.15) is 33.6 Å². The van der Waals surface area contributed by atoms with Crippen LogP contribution >= 0.6 is 0 Å². The van der Waals surface area contributed by atoms with Gasteiger partial charge in [0.25, 0.3) is 5.91 Å². The van der Waals surface area contributed by atoms with Gasteiger partial charge in [-0.2, -0.15) is 0 Å². The van der Waals surface area contributed by atoms with E-state index in [1.54, 1.807) is 43.5 Å². The molecule has 8 nitrogen and oxygen atoms in total. The lowest BCUT2D eigenvalue weighted by Gasteiger charge is -2.12. The monoisotopic (exact) mass is 421 g/mol. The van der Waals surface area contributed by atoms with Gasteiger partial charge < -0.3 is 24.9 Å². The molecule has 8 heteroatoms. The van der Waals surface area contributed by atoms with Gasteiger partial charge in [0.15, 0.2) is 11.3 Å². The maximum Gasteiger partial charge on any atom is 0.256 e. The number of carbonyl (C=O) groups excluding carboxylic acids is 2. The van der Waals surface area contributed by atoms with Crippen LogP contribution in [0.3, 0.4) is 0 Å². The molecule has 1 unspecified atom stereocenters. The van der Waals surface area contributed by atoms with Crippen molar-refractivity contribution in [2.75, 3.05) is 20.3 Å². The topological polar surface area (TPSA) is 116 Å². The van der Waals surface area contributed by atoms with Crippen molar-refractivity contribution in [1.29, 1.82) is 0 Å². The Morgan fingerprint density at radius 1 is 1.23 bits per heavy atom. The molecule has 1 saturated heterocycles. The minimum atomic E-state index is -0.527. The smallest absolute Gasteiger partial charge is 0.256 e. The molecule has 0 saturated carbocycles. The first-order valence-corrected chi connectivity index (χ1v) is 10.0. The number of benzene rings is 2. The number of nitrogens with two attached hydrogens (primary N) is 1. The Balaban J connectivity index is 1.77. The summed E-state index contributed by atoms with van der Waals surface area (Å²) in [7, 11) is 1.55. The third-order valence-corrected chi connectivity index (χ3v) is 5.10. The van der Waals surface area contributed by atoms with Crippen molar-refractivity contribution < 1.29 is 23.5 Å². The third kappa shape index (κ3) is 4.59. The van der Waals surface area contributed by atoms with E-state index in [1.807, 2.05) is 12.1 Å². The van der Waals surface area contributed by atoms with Crippen LogP contribution in [0.5, 0.6) is 5.75 Å². The number of rotatable bonds is 6. The van der Waals surface area contributed by atoms with E-state index in [1.165, 1.54) is 0 Å². The molecule has 2 heterocycles. The largest absolute Gasteiger partial charge is 0.493 e. The first-order chi connectivity index (χ1) is 15.0. The van der Waals surface area contributed by atoms with E-state index >= 15 is 0 Å². The SMILES string of the molecule is COc1cccc2cc(C(=O)NCC3CCCO3)c(=Nc3ccc(C(N)=O)cc3)oc12. The summed E-state index contributed by atoms with van der Waals surface area (Å²) in [6, 6.07) is 13.6. The van der Waals surface area contributed by atoms with E-state index in [2.05, 4.69) is 10.3 Å². The zero-order chi connectivity index (χ0) is 21.8. The van der Waals surface area contributed by atoms with E-state index in [0.717, 1.165) is 12.8 Å². The van der Waals surface area contributed by atoms with Crippen LogP contribution in [0.25, 0.3) is 11.0 Å². The Hall–Kier alpha value is -3.65. The van der Waals surface area contributed by atoms with Crippen molar-refractivity contribution in [2.24, 2.45) is 10.7 Å². The fourth-order valence-corrected chi connectivity index (χ4v) is 3.46. The van der Waals surface area contributed by atoms with Crippen LogP contribution in [-0.4, -0.2) is 38.2 Å². The number of amides is 2. The highest BCUT2D eigenvalue weighted by Crippen LogP contribution is 2.25. The molecule has 0 bridgehead atoms. The second-order valence-corrected chi connectivity index (χ2v) is 7.21. The fraction of sp³-hybridized carbons (Fsp3) is 0.261. The molecule has 3 aromatic rings. The predicted molar refractivity (Wildman–Crippen MR) is 114 cm³/mol. The molecule has 1 aliphatic rings. The average molecular weight is 421 g/mol. The highest BCUT2D eigenvalue weighted by atomic mass is 16.5. The summed E-state index contributed by atoms with van der Waals surface area (Å²) in [6.07, 6.45) is 1.93. The number of primary amides is 1. The Labute approximate surface area is 178 Å². The molecule has 2 aromatic carbocycles. The molecule has 4 rings (SSSR count). The van der Waals surface area contributed by atoms with Gasteiger partial charge in [0.2, 0.25) is 11.5 Å². The second kappa shape index (κ2) is 9.01. The summed E-state index contributed by atoms with van der Waals surface area (Å²) in [6.45, 7) is 1.13. The zero-order valence-electron chi connectivity index (χ0n) is 17.1. The normalized spacial score (nSPS) is 16.4. The van der Waals surface area contributed by atoms with E-state index in [4.69, 9.17) is 19.6 Å². The van der Waals surface area contributed by atoms with Gasteiger partial charge in [-0.3, -0.25) is 9.59 Å². The van der Waals surface area contributed by atoms with Crippen molar-refractivity contribution in [3.05, 3.63) is 65.2 Å². The number of hydrogen-bond acceptors (Lipinski definition) is 6. The molecule has 0 aliphatic carbocycles.